The van der Waals surface area contributed by atoms with Crippen molar-refractivity contribution >= 4 is 7.60 Å². The molecule has 6 heteroatoms. The number of halogens is 1. The Labute approximate surface area is 134 Å². The van der Waals surface area contributed by atoms with Crippen LogP contribution < -0.4 is 9.05 Å². The number of allylic oxidation sites excluding steroid dienone is 1. The maximum absolute atomic E-state index is 13.5. The summed E-state index contributed by atoms with van der Waals surface area (Å²) < 4.78 is 37.4. The fourth-order valence-corrected chi connectivity index (χ4v) is 3.35. The van der Waals surface area contributed by atoms with E-state index < -0.39 is 13.8 Å². The quantitative estimate of drug-likeness (QED) is 0.691. The molecule has 0 aliphatic carbocycles. The average molecular weight is 331 g/mol. The first-order chi connectivity index (χ1) is 11.0. The Morgan fingerprint density at radius 2 is 1.52 bits per heavy atom. The van der Waals surface area contributed by atoms with Crippen molar-refractivity contribution < 1.29 is 18.0 Å². The maximum atomic E-state index is 13.5. The van der Waals surface area contributed by atoms with Crippen LogP contribution in [0.4, 0.5) is 4.39 Å². The maximum Gasteiger partial charge on any atom is 0.455 e. The van der Waals surface area contributed by atoms with Crippen molar-refractivity contribution in [2.45, 2.75) is 13.1 Å². The van der Waals surface area contributed by atoms with Gasteiger partial charge in [-0.05, 0) is 36.8 Å². The zero-order valence-corrected chi connectivity index (χ0v) is 13.3. The van der Waals surface area contributed by atoms with E-state index in [0.717, 1.165) is 5.82 Å². The van der Waals surface area contributed by atoms with Crippen molar-refractivity contribution in [2.24, 2.45) is 0 Å². The molecule has 2 aromatic rings. The van der Waals surface area contributed by atoms with E-state index in [-0.39, 0.29) is 5.57 Å². The lowest BCUT2D eigenvalue weighted by Gasteiger charge is -2.18. The zero-order chi connectivity index (χ0) is 16.7. The number of nitrogens with zero attached hydrogens (tertiary/aromatic N) is 1. The number of para-hydroxylation sites is 2. The summed E-state index contributed by atoms with van der Waals surface area (Å²) in [7, 11) is -3.84. The minimum absolute atomic E-state index is 0.0253. The lowest BCUT2D eigenvalue weighted by molar-refractivity contribution is 0.396. The highest BCUT2D eigenvalue weighted by atomic mass is 31.2. The molecule has 4 nitrogen and oxygen atoms in total. The summed E-state index contributed by atoms with van der Waals surface area (Å²) in [5, 5.41) is 8.64. The number of benzene rings is 2. The second kappa shape index (κ2) is 7.62. The Bertz CT molecular complexity index is 711. The van der Waals surface area contributed by atoms with E-state index in [1.54, 1.807) is 60.7 Å². The molecule has 118 valence electrons. The van der Waals surface area contributed by atoms with E-state index in [2.05, 4.69) is 0 Å². The lowest BCUT2D eigenvalue weighted by atomic mass is 10.2. The van der Waals surface area contributed by atoms with Gasteiger partial charge in [0.2, 0.25) is 6.17 Å². The van der Waals surface area contributed by atoms with Gasteiger partial charge in [-0.25, -0.2) is 8.96 Å². The van der Waals surface area contributed by atoms with Gasteiger partial charge < -0.3 is 9.05 Å². The number of hydrogen-bond donors (Lipinski definition) is 0. The Morgan fingerprint density at radius 1 is 1.09 bits per heavy atom. The van der Waals surface area contributed by atoms with E-state index in [1.807, 2.05) is 0 Å². The molecule has 1 unspecified atom stereocenters. The van der Waals surface area contributed by atoms with Gasteiger partial charge in [0.15, 0.2) is 0 Å². The van der Waals surface area contributed by atoms with Gasteiger partial charge in [0, 0.05) is 0 Å². The van der Waals surface area contributed by atoms with E-state index in [4.69, 9.17) is 14.3 Å². The Hall–Kier alpha value is -2.57. The van der Waals surface area contributed by atoms with E-state index >= 15 is 0 Å². The zero-order valence-electron chi connectivity index (χ0n) is 12.4. The molecular weight excluding hydrogens is 316 g/mol. The summed E-state index contributed by atoms with van der Waals surface area (Å²) in [6.07, 6.45) is -1.87. The van der Waals surface area contributed by atoms with Crippen LogP contribution in [0.25, 0.3) is 0 Å². The smallest absolute Gasteiger partial charge is 0.413 e. The van der Waals surface area contributed by atoms with Crippen LogP contribution in [0.15, 0.2) is 72.1 Å². The summed E-state index contributed by atoms with van der Waals surface area (Å²) in [5.41, 5.74) is -0.0253. The first-order valence-electron chi connectivity index (χ1n) is 6.84. The number of alkyl halides is 1. The molecule has 23 heavy (non-hydrogen) atoms. The van der Waals surface area contributed by atoms with E-state index in [1.165, 1.54) is 13.0 Å². The van der Waals surface area contributed by atoms with Gasteiger partial charge in [0.1, 0.15) is 17.6 Å². The third-order valence-corrected chi connectivity index (χ3v) is 4.48. The van der Waals surface area contributed by atoms with Crippen molar-refractivity contribution in [2.75, 3.05) is 0 Å². The molecule has 0 radical (unpaired) electrons. The van der Waals surface area contributed by atoms with Crippen LogP contribution in [0.5, 0.6) is 11.5 Å². The van der Waals surface area contributed by atoms with E-state index in [0.29, 0.717) is 11.5 Å². The molecule has 0 heterocycles. The number of hydrogen-bond acceptors (Lipinski definition) is 4. The molecule has 0 bridgehead atoms. The molecule has 0 fully saturated rings. The van der Waals surface area contributed by atoms with Gasteiger partial charge in [-0.15, -0.1) is 0 Å². The summed E-state index contributed by atoms with van der Waals surface area (Å²) in [6, 6.07) is 18.3. The van der Waals surface area contributed by atoms with Crippen LogP contribution in [-0.2, 0) is 4.57 Å². The third kappa shape index (κ3) is 4.98. The van der Waals surface area contributed by atoms with Gasteiger partial charge in [-0.1, -0.05) is 36.4 Å². The predicted octanol–water partition coefficient (Wildman–Crippen LogP) is 5.10. The van der Waals surface area contributed by atoms with Crippen molar-refractivity contribution in [3.63, 3.8) is 0 Å². The second-order valence-electron chi connectivity index (χ2n) is 4.71. The monoisotopic (exact) mass is 331 g/mol. The van der Waals surface area contributed by atoms with Crippen LogP contribution in [-0.4, -0.2) is 6.17 Å². The van der Waals surface area contributed by atoms with Crippen molar-refractivity contribution in [3.05, 3.63) is 72.1 Å². The molecule has 0 saturated carbocycles. The Kier molecular flexibility index (Phi) is 5.56. The summed E-state index contributed by atoms with van der Waals surface area (Å²) in [6.45, 7) is 1.36. The second-order valence-corrected chi connectivity index (χ2v) is 6.42. The van der Waals surface area contributed by atoms with Crippen LogP contribution >= 0.6 is 7.60 Å². The molecule has 2 rings (SSSR count). The third-order valence-electron chi connectivity index (χ3n) is 2.83. The molecule has 0 aliphatic heterocycles. The minimum atomic E-state index is -3.84. The fourth-order valence-electron chi connectivity index (χ4n) is 1.74. The molecule has 0 N–H and O–H groups in total. The number of rotatable bonds is 6. The molecule has 2 aromatic carbocycles. The van der Waals surface area contributed by atoms with Crippen LogP contribution in [0.2, 0.25) is 0 Å². The van der Waals surface area contributed by atoms with Gasteiger partial charge in [0.25, 0.3) is 0 Å². The molecule has 0 saturated heterocycles. The van der Waals surface area contributed by atoms with Crippen molar-refractivity contribution in [3.8, 4) is 17.6 Å². The fraction of sp³-hybridized carbons (Fsp3) is 0.118. The Balaban J connectivity index is 2.34. The SMILES string of the molecule is C/C(=C\P(=O)(Oc1ccccc1)Oc1ccccc1)C(F)C#N. The van der Waals surface area contributed by atoms with Crippen LogP contribution in [0.3, 0.4) is 0 Å². The van der Waals surface area contributed by atoms with E-state index in [9.17, 15) is 8.96 Å². The van der Waals surface area contributed by atoms with Gasteiger partial charge >= 0.3 is 7.60 Å². The highest BCUT2D eigenvalue weighted by molar-refractivity contribution is 7.58. The van der Waals surface area contributed by atoms with Crippen LogP contribution in [0.1, 0.15) is 6.92 Å². The number of nitriles is 1. The molecule has 0 spiro atoms. The summed E-state index contributed by atoms with van der Waals surface area (Å²) >= 11 is 0. The van der Waals surface area contributed by atoms with Gasteiger partial charge in [-0.2, -0.15) is 5.26 Å². The standard InChI is InChI=1S/C17H15FNO3P/c1-14(17(18)12-19)13-23(20,21-15-8-4-2-5-9-15)22-16-10-6-3-7-11-16/h2-11,13,17H,1H3/b14-13+. The minimum Gasteiger partial charge on any atom is -0.413 e. The van der Waals surface area contributed by atoms with Gasteiger partial charge in [0.05, 0.1) is 5.82 Å². The van der Waals surface area contributed by atoms with Crippen molar-refractivity contribution in [1.82, 2.24) is 0 Å². The molecular formula is C17H15FNO3P. The van der Waals surface area contributed by atoms with Crippen LogP contribution in [0, 0.1) is 11.3 Å². The molecule has 1 atom stereocenters. The molecule has 0 aromatic heterocycles. The highest BCUT2D eigenvalue weighted by Gasteiger charge is 2.27. The predicted molar refractivity (Wildman–Crippen MR) is 86.0 cm³/mol. The topological polar surface area (TPSA) is 59.3 Å². The van der Waals surface area contributed by atoms with Gasteiger partial charge in [-0.3, -0.25) is 0 Å². The van der Waals surface area contributed by atoms with Crippen molar-refractivity contribution in [1.29, 1.82) is 5.26 Å². The Morgan fingerprint density at radius 3 is 1.91 bits per heavy atom. The summed E-state index contributed by atoms with van der Waals surface area (Å²) in [4.78, 5) is 0. The normalized spacial score (nSPS) is 13.0. The first kappa shape index (κ1) is 16.8. The molecule has 0 aliphatic rings. The highest BCUT2D eigenvalue weighted by Crippen LogP contribution is 2.51. The first-order valence-corrected chi connectivity index (χ1v) is 8.46. The largest absolute Gasteiger partial charge is 0.455 e. The molecule has 0 amide bonds. The average Bonchev–Trinajstić information content (AvgIpc) is 2.55. The lowest BCUT2D eigenvalue weighted by Crippen LogP contribution is -2.03. The summed E-state index contributed by atoms with van der Waals surface area (Å²) in [5.74, 6) is 1.69.